The smallest absolute Gasteiger partial charge is 0.319 e. The first-order chi connectivity index (χ1) is 9.54. The average molecular weight is 278 g/mol. The number of benzene rings is 1. The number of ether oxygens (including phenoxy) is 1. The van der Waals surface area contributed by atoms with Crippen molar-refractivity contribution in [2.45, 2.75) is 39.6 Å². The fourth-order valence-electron chi connectivity index (χ4n) is 2.36. The van der Waals surface area contributed by atoms with Crippen LogP contribution >= 0.6 is 0 Å². The van der Waals surface area contributed by atoms with Crippen molar-refractivity contribution < 1.29 is 14.6 Å². The SMILES string of the molecule is CC(O)CC(C)CNC(=O)Nc1ccc2c(c1)COC2. The van der Waals surface area contributed by atoms with Crippen LogP contribution in [0.3, 0.4) is 0 Å². The normalized spacial score (nSPS) is 16.4. The van der Waals surface area contributed by atoms with Gasteiger partial charge in [-0.3, -0.25) is 0 Å². The predicted molar refractivity (Wildman–Crippen MR) is 77.4 cm³/mol. The molecule has 0 aromatic heterocycles. The van der Waals surface area contributed by atoms with Crippen LogP contribution in [-0.2, 0) is 18.0 Å². The summed E-state index contributed by atoms with van der Waals surface area (Å²) < 4.78 is 5.34. The summed E-state index contributed by atoms with van der Waals surface area (Å²) in [6.07, 6.45) is 0.336. The maximum atomic E-state index is 11.8. The second-order valence-electron chi connectivity index (χ2n) is 5.50. The molecule has 0 bridgehead atoms. The number of carbonyl (C=O) groups is 1. The van der Waals surface area contributed by atoms with Gasteiger partial charge in [-0.2, -0.15) is 0 Å². The molecule has 1 heterocycles. The number of anilines is 1. The molecule has 0 saturated heterocycles. The maximum absolute atomic E-state index is 11.8. The van der Waals surface area contributed by atoms with E-state index in [1.165, 1.54) is 5.56 Å². The van der Waals surface area contributed by atoms with Crippen molar-refractivity contribution in [1.82, 2.24) is 5.32 Å². The van der Waals surface area contributed by atoms with Crippen LogP contribution < -0.4 is 10.6 Å². The quantitative estimate of drug-likeness (QED) is 0.773. The van der Waals surface area contributed by atoms with E-state index in [2.05, 4.69) is 10.6 Å². The number of nitrogens with one attached hydrogen (secondary N) is 2. The summed E-state index contributed by atoms with van der Waals surface area (Å²) >= 11 is 0. The zero-order valence-electron chi connectivity index (χ0n) is 12.0. The lowest BCUT2D eigenvalue weighted by Gasteiger charge is -2.14. The van der Waals surface area contributed by atoms with Crippen molar-refractivity contribution in [3.63, 3.8) is 0 Å². The Morgan fingerprint density at radius 3 is 2.85 bits per heavy atom. The van der Waals surface area contributed by atoms with Gasteiger partial charge in [-0.1, -0.05) is 13.0 Å². The van der Waals surface area contributed by atoms with E-state index in [9.17, 15) is 9.90 Å². The van der Waals surface area contributed by atoms with Gasteiger partial charge in [0.2, 0.25) is 0 Å². The van der Waals surface area contributed by atoms with Gasteiger partial charge in [0.15, 0.2) is 0 Å². The van der Waals surface area contributed by atoms with E-state index in [4.69, 9.17) is 4.74 Å². The van der Waals surface area contributed by atoms with Gasteiger partial charge < -0.3 is 20.5 Å². The zero-order chi connectivity index (χ0) is 14.5. The number of carbonyl (C=O) groups excluding carboxylic acids is 1. The molecule has 3 N–H and O–H groups in total. The van der Waals surface area contributed by atoms with Crippen molar-refractivity contribution in [2.75, 3.05) is 11.9 Å². The van der Waals surface area contributed by atoms with Crippen LogP contribution in [0, 0.1) is 5.92 Å². The summed E-state index contributed by atoms with van der Waals surface area (Å²) in [6, 6.07) is 5.59. The van der Waals surface area contributed by atoms with Crippen molar-refractivity contribution in [1.29, 1.82) is 0 Å². The third-order valence-electron chi connectivity index (χ3n) is 3.33. The molecule has 20 heavy (non-hydrogen) atoms. The molecule has 2 rings (SSSR count). The largest absolute Gasteiger partial charge is 0.393 e. The summed E-state index contributed by atoms with van der Waals surface area (Å²) in [6.45, 7) is 5.56. The molecule has 2 unspecified atom stereocenters. The molecule has 5 nitrogen and oxygen atoms in total. The molecule has 0 aliphatic carbocycles. The number of rotatable bonds is 5. The van der Waals surface area contributed by atoms with Crippen molar-refractivity contribution in [3.05, 3.63) is 29.3 Å². The van der Waals surface area contributed by atoms with Gasteiger partial charge in [0.25, 0.3) is 0 Å². The van der Waals surface area contributed by atoms with Crippen LogP contribution in [0.4, 0.5) is 10.5 Å². The van der Waals surface area contributed by atoms with Gasteiger partial charge in [-0.15, -0.1) is 0 Å². The van der Waals surface area contributed by atoms with E-state index in [-0.39, 0.29) is 18.1 Å². The molecule has 1 aromatic carbocycles. The van der Waals surface area contributed by atoms with Crippen molar-refractivity contribution in [2.24, 2.45) is 5.92 Å². The second kappa shape index (κ2) is 6.72. The number of aliphatic hydroxyl groups excluding tert-OH is 1. The van der Waals surface area contributed by atoms with Crippen LogP contribution in [-0.4, -0.2) is 23.8 Å². The average Bonchev–Trinajstić information content (AvgIpc) is 2.83. The Kier molecular flexibility index (Phi) is 4.98. The van der Waals surface area contributed by atoms with Crippen molar-refractivity contribution >= 4 is 11.7 Å². The maximum Gasteiger partial charge on any atom is 0.319 e. The van der Waals surface area contributed by atoms with Crippen LogP contribution in [0.1, 0.15) is 31.4 Å². The number of urea groups is 1. The first-order valence-corrected chi connectivity index (χ1v) is 6.97. The zero-order valence-corrected chi connectivity index (χ0v) is 12.0. The topological polar surface area (TPSA) is 70.6 Å². The van der Waals surface area contributed by atoms with E-state index in [0.29, 0.717) is 26.2 Å². The lowest BCUT2D eigenvalue weighted by Crippen LogP contribution is -2.33. The van der Waals surface area contributed by atoms with Gasteiger partial charge in [0.1, 0.15) is 0 Å². The minimum atomic E-state index is -0.341. The summed E-state index contributed by atoms with van der Waals surface area (Å²) in [5, 5.41) is 14.9. The number of aliphatic hydroxyl groups is 1. The molecule has 0 fully saturated rings. The van der Waals surface area contributed by atoms with E-state index in [1.807, 2.05) is 25.1 Å². The predicted octanol–water partition coefficient (Wildman–Crippen LogP) is 2.25. The van der Waals surface area contributed by atoms with Crippen LogP contribution in [0.5, 0.6) is 0 Å². The fourth-order valence-corrected chi connectivity index (χ4v) is 2.36. The number of amides is 2. The highest BCUT2D eigenvalue weighted by atomic mass is 16.5. The highest BCUT2D eigenvalue weighted by molar-refractivity contribution is 5.89. The lowest BCUT2D eigenvalue weighted by atomic mass is 10.1. The molecule has 0 radical (unpaired) electrons. The third kappa shape index (κ3) is 4.21. The Balaban J connectivity index is 1.80. The standard InChI is InChI=1S/C15H22N2O3/c1-10(5-11(2)18)7-16-15(19)17-14-4-3-12-8-20-9-13(12)6-14/h3-4,6,10-11,18H,5,7-9H2,1-2H3,(H2,16,17,19). The monoisotopic (exact) mass is 278 g/mol. The molecule has 2 amide bonds. The lowest BCUT2D eigenvalue weighted by molar-refractivity contribution is 0.134. The first-order valence-electron chi connectivity index (χ1n) is 6.97. The summed E-state index contributed by atoms with van der Waals surface area (Å²) in [7, 11) is 0. The Hall–Kier alpha value is -1.59. The van der Waals surface area contributed by atoms with Gasteiger partial charge in [-0.25, -0.2) is 4.79 Å². The summed E-state index contributed by atoms with van der Waals surface area (Å²) in [5.41, 5.74) is 3.08. The molecule has 0 saturated carbocycles. The van der Waals surface area contributed by atoms with Crippen LogP contribution in [0.15, 0.2) is 18.2 Å². The van der Waals surface area contributed by atoms with E-state index < -0.39 is 0 Å². The molecule has 0 spiro atoms. The molecular formula is C15H22N2O3. The molecular weight excluding hydrogens is 256 g/mol. The summed E-state index contributed by atoms with van der Waals surface area (Å²) in [4.78, 5) is 11.8. The second-order valence-corrected chi connectivity index (χ2v) is 5.50. The number of hydrogen-bond donors (Lipinski definition) is 3. The Morgan fingerprint density at radius 2 is 2.10 bits per heavy atom. The first kappa shape index (κ1) is 14.8. The molecule has 1 aromatic rings. The van der Waals surface area contributed by atoms with E-state index in [0.717, 1.165) is 11.3 Å². The van der Waals surface area contributed by atoms with E-state index in [1.54, 1.807) is 6.92 Å². The minimum absolute atomic E-state index is 0.221. The number of fused-ring (bicyclic) bond motifs is 1. The highest BCUT2D eigenvalue weighted by Gasteiger charge is 2.12. The Bertz CT molecular complexity index is 474. The Morgan fingerprint density at radius 1 is 1.35 bits per heavy atom. The molecule has 110 valence electrons. The van der Waals surface area contributed by atoms with Gasteiger partial charge in [-0.05, 0) is 42.5 Å². The third-order valence-corrected chi connectivity index (χ3v) is 3.33. The molecule has 1 aliphatic heterocycles. The number of hydrogen-bond acceptors (Lipinski definition) is 3. The Labute approximate surface area is 119 Å². The highest BCUT2D eigenvalue weighted by Crippen LogP contribution is 2.23. The molecule has 1 aliphatic rings. The molecule has 2 atom stereocenters. The minimum Gasteiger partial charge on any atom is -0.393 e. The van der Waals surface area contributed by atoms with Crippen LogP contribution in [0.25, 0.3) is 0 Å². The summed E-state index contributed by atoms with van der Waals surface area (Å²) in [5.74, 6) is 0.245. The van der Waals surface area contributed by atoms with Crippen LogP contribution in [0.2, 0.25) is 0 Å². The molecule has 5 heteroatoms. The van der Waals surface area contributed by atoms with Crippen molar-refractivity contribution in [3.8, 4) is 0 Å². The van der Waals surface area contributed by atoms with Gasteiger partial charge >= 0.3 is 6.03 Å². The van der Waals surface area contributed by atoms with Gasteiger partial charge in [0, 0.05) is 12.2 Å². The van der Waals surface area contributed by atoms with Gasteiger partial charge in [0.05, 0.1) is 19.3 Å². The van der Waals surface area contributed by atoms with E-state index >= 15 is 0 Å². The fraction of sp³-hybridized carbons (Fsp3) is 0.533.